The highest BCUT2D eigenvalue weighted by Crippen LogP contribution is 2.26. The standard InChI is InChI=1S/C17H14N2O.CH4/c1-2-20-12-7-8-16-17-14(9-10-19(16)11-12)13-5-3-4-6-15(13)18-17;/h3-11H,2H2,1H3;1H4/p+1. The maximum absolute atomic E-state index is 5.55. The van der Waals surface area contributed by atoms with E-state index in [1.165, 1.54) is 16.3 Å². The van der Waals surface area contributed by atoms with Crippen molar-refractivity contribution >= 4 is 27.3 Å². The molecule has 0 aliphatic carbocycles. The minimum atomic E-state index is 0. The number of nitrogens with zero attached hydrogens (tertiary/aromatic N) is 1. The number of hydrogen-bond donors (Lipinski definition) is 1. The molecule has 0 saturated heterocycles. The van der Waals surface area contributed by atoms with E-state index in [2.05, 4.69) is 52.0 Å². The van der Waals surface area contributed by atoms with Gasteiger partial charge in [0.25, 0.3) is 0 Å². The number of para-hydroxylation sites is 1. The SMILES string of the molecule is C.CCOc1ccc2c3[nH]c4ccccc4c3cc[n+]2c1. The number of pyridine rings is 2. The number of aromatic nitrogens is 2. The molecule has 3 heteroatoms. The van der Waals surface area contributed by atoms with Crippen LogP contribution in [-0.2, 0) is 0 Å². The van der Waals surface area contributed by atoms with Crippen LogP contribution >= 0.6 is 0 Å². The van der Waals surface area contributed by atoms with Crippen LogP contribution in [0.2, 0.25) is 0 Å². The van der Waals surface area contributed by atoms with Gasteiger partial charge in [-0.1, -0.05) is 25.6 Å². The molecule has 0 bridgehead atoms. The number of benzene rings is 1. The number of hydrogen-bond acceptors (Lipinski definition) is 1. The molecule has 21 heavy (non-hydrogen) atoms. The summed E-state index contributed by atoms with van der Waals surface area (Å²) in [5, 5.41) is 2.52. The van der Waals surface area contributed by atoms with Gasteiger partial charge in [-0.15, -0.1) is 0 Å². The van der Waals surface area contributed by atoms with Crippen LogP contribution in [0.15, 0.2) is 54.9 Å². The van der Waals surface area contributed by atoms with Crippen molar-refractivity contribution in [1.29, 1.82) is 0 Å². The molecule has 0 spiro atoms. The molecule has 0 atom stereocenters. The average Bonchev–Trinajstić information content (AvgIpc) is 2.86. The Morgan fingerprint density at radius 1 is 1.05 bits per heavy atom. The second-order valence-electron chi connectivity index (χ2n) is 4.87. The van der Waals surface area contributed by atoms with Gasteiger partial charge in [0.05, 0.1) is 6.61 Å². The van der Waals surface area contributed by atoms with Crippen molar-refractivity contribution in [2.24, 2.45) is 0 Å². The van der Waals surface area contributed by atoms with Crippen LogP contribution in [0, 0.1) is 0 Å². The highest BCUT2D eigenvalue weighted by Gasteiger charge is 2.13. The molecule has 0 radical (unpaired) electrons. The van der Waals surface area contributed by atoms with Gasteiger partial charge in [-0.05, 0) is 19.1 Å². The Hall–Kier alpha value is -2.55. The minimum Gasteiger partial charge on any atom is -0.488 e. The lowest BCUT2D eigenvalue weighted by Crippen LogP contribution is -2.20. The molecule has 0 fully saturated rings. The van der Waals surface area contributed by atoms with Crippen molar-refractivity contribution in [3.8, 4) is 5.75 Å². The summed E-state index contributed by atoms with van der Waals surface area (Å²) in [5.41, 5.74) is 3.49. The highest BCUT2D eigenvalue weighted by atomic mass is 16.5. The number of aromatic amines is 1. The largest absolute Gasteiger partial charge is 0.488 e. The molecule has 0 unspecified atom stereocenters. The van der Waals surface area contributed by atoms with E-state index in [4.69, 9.17) is 4.74 Å². The van der Waals surface area contributed by atoms with Crippen molar-refractivity contribution in [2.45, 2.75) is 14.4 Å². The summed E-state index contributed by atoms with van der Waals surface area (Å²) in [6.45, 7) is 2.68. The number of H-pyrrole nitrogens is 1. The highest BCUT2D eigenvalue weighted by molar-refractivity contribution is 6.10. The van der Waals surface area contributed by atoms with Gasteiger partial charge in [-0.2, -0.15) is 4.40 Å². The van der Waals surface area contributed by atoms with E-state index in [0.29, 0.717) is 6.61 Å². The average molecular weight is 279 g/mol. The van der Waals surface area contributed by atoms with Crippen LogP contribution in [0.25, 0.3) is 27.3 Å². The number of fused-ring (bicyclic) bond motifs is 5. The predicted octanol–water partition coefficient (Wildman–Crippen LogP) is 4.09. The monoisotopic (exact) mass is 279 g/mol. The number of ether oxygens (including phenoxy) is 1. The molecular weight excluding hydrogens is 260 g/mol. The predicted molar refractivity (Wildman–Crippen MR) is 86.9 cm³/mol. The summed E-state index contributed by atoms with van der Waals surface area (Å²) in [6.07, 6.45) is 4.10. The zero-order chi connectivity index (χ0) is 13.5. The number of nitrogens with one attached hydrogen (secondary N) is 1. The molecule has 1 aromatic carbocycles. The summed E-state index contributed by atoms with van der Waals surface area (Å²) in [7, 11) is 0. The molecule has 0 aliphatic rings. The van der Waals surface area contributed by atoms with E-state index < -0.39 is 0 Å². The third-order valence-electron chi connectivity index (χ3n) is 3.67. The van der Waals surface area contributed by atoms with Crippen LogP contribution in [0.4, 0.5) is 0 Å². The minimum absolute atomic E-state index is 0. The molecule has 3 nitrogen and oxygen atoms in total. The summed E-state index contributed by atoms with van der Waals surface area (Å²) in [6, 6.07) is 14.7. The molecule has 0 aliphatic heterocycles. The van der Waals surface area contributed by atoms with E-state index in [1.54, 1.807) is 0 Å². The molecule has 0 saturated carbocycles. The summed E-state index contributed by atoms with van der Waals surface area (Å²) in [4.78, 5) is 3.51. The smallest absolute Gasteiger partial charge is 0.235 e. The van der Waals surface area contributed by atoms with Crippen molar-refractivity contribution in [1.82, 2.24) is 4.98 Å². The Morgan fingerprint density at radius 2 is 1.90 bits per heavy atom. The van der Waals surface area contributed by atoms with Crippen LogP contribution < -0.4 is 9.14 Å². The van der Waals surface area contributed by atoms with E-state index in [9.17, 15) is 0 Å². The quantitative estimate of drug-likeness (QED) is 0.550. The molecular formula is C18H19N2O+. The van der Waals surface area contributed by atoms with Crippen molar-refractivity contribution < 1.29 is 9.14 Å². The molecule has 0 amide bonds. The van der Waals surface area contributed by atoms with Gasteiger partial charge in [-0.25, -0.2) is 0 Å². The summed E-state index contributed by atoms with van der Waals surface area (Å²) in [5.74, 6) is 0.889. The zero-order valence-corrected chi connectivity index (χ0v) is 11.3. The molecule has 4 rings (SSSR count). The molecule has 3 aromatic heterocycles. The van der Waals surface area contributed by atoms with Crippen LogP contribution in [0.1, 0.15) is 14.4 Å². The van der Waals surface area contributed by atoms with Crippen LogP contribution in [0.5, 0.6) is 5.75 Å². The zero-order valence-electron chi connectivity index (χ0n) is 11.3. The van der Waals surface area contributed by atoms with Crippen molar-refractivity contribution in [2.75, 3.05) is 6.61 Å². The Balaban J connectivity index is 0.00000132. The van der Waals surface area contributed by atoms with E-state index in [-0.39, 0.29) is 7.43 Å². The Bertz CT molecular complexity index is 924. The van der Waals surface area contributed by atoms with Gasteiger partial charge in [-0.3, -0.25) is 0 Å². The van der Waals surface area contributed by atoms with Crippen molar-refractivity contribution in [3.63, 3.8) is 0 Å². The fraction of sp³-hybridized carbons (Fsp3) is 0.167. The Morgan fingerprint density at radius 3 is 2.76 bits per heavy atom. The lowest BCUT2D eigenvalue weighted by atomic mass is 10.2. The fourth-order valence-electron chi connectivity index (χ4n) is 2.78. The first-order chi connectivity index (χ1) is 9.86. The van der Waals surface area contributed by atoms with E-state index in [1.807, 2.05) is 19.2 Å². The van der Waals surface area contributed by atoms with Gasteiger partial charge >= 0.3 is 0 Å². The third kappa shape index (κ3) is 2.02. The number of rotatable bonds is 2. The lowest BCUT2D eigenvalue weighted by molar-refractivity contribution is -0.511. The summed E-state index contributed by atoms with van der Waals surface area (Å²) < 4.78 is 7.65. The van der Waals surface area contributed by atoms with Gasteiger partial charge in [0.15, 0.2) is 11.9 Å². The fourth-order valence-corrected chi connectivity index (χ4v) is 2.78. The van der Waals surface area contributed by atoms with Crippen LogP contribution in [-0.4, -0.2) is 11.6 Å². The molecule has 106 valence electrons. The normalized spacial score (nSPS) is 10.9. The Kier molecular flexibility index (Phi) is 3.26. The molecule has 1 N–H and O–H groups in total. The van der Waals surface area contributed by atoms with E-state index >= 15 is 0 Å². The Labute approximate surface area is 123 Å². The first-order valence-corrected chi connectivity index (χ1v) is 6.84. The summed E-state index contributed by atoms with van der Waals surface area (Å²) >= 11 is 0. The molecule has 3 heterocycles. The first kappa shape index (κ1) is 13.4. The third-order valence-corrected chi connectivity index (χ3v) is 3.67. The van der Waals surface area contributed by atoms with Gasteiger partial charge in [0, 0.05) is 28.4 Å². The topological polar surface area (TPSA) is 29.1 Å². The van der Waals surface area contributed by atoms with Gasteiger partial charge in [0.2, 0.25) is 11.7 Å². The van der Waals surface area contributed by atoms with Crippen LogP contribution in [0.3, 0.4) is 0 Å². The molecule has 4 aromatic rings. The van der Waals surface area contributed by atoms with E-state index in [0.717, 1.165) is 16.8 Å². The van der Waals surface area contributed by atoms with Gasteiger partial charge < -0.3 is 9.72 Å². The van der Waals surface area contributed by atoms with Crippen molar-refractivity contribution in [3.05, 3.63) is 54.9 Å². The van der Waals surface area contributed by atoms with Gasteiger partial charge in [0.1, 0.15) is 5.52 Å². The second kappa shape index (κ2) is 5.09. The first-order valence-electron chi connectivity index (χ1n) is 6.84. The lowest BCUT2D eigenvalue weighted by Gasteiger charge is -2.00. The maximum Gasteiger partial charge on any atom is 0.235 e. The second-order valence-corrected chi connectivity index (χ2v) is 4.87. The maximum atomic E-state index is 5.55.